The van der Waals surface area contributed by atoms with Crippen molar-refractivity contribution in [2.45, 2.75) is 53.1 Å². The highest BCUT2D eigenvalue weighted by molar-refractivity contribution is 6.30. The first kappa shape index (κ1) is 15.1. The van der Waals surface area contributed by atoms with Crippen LogP contribution in [0.3, 0.4) is 0 Å². The summed E-state index contributed by atoms with van der Waals surface area (Å²) in [5, 5.41) is 3.80. The molecule has 2 N–H and O–H groups in total. The molecule has 110 valence electrons. The van der Waals surface area contributed by atoms with Gasteiger partial charge in [0, 0.05) is 13.0 Å². The van der Waals surface area contributed by atoms with E-state index in [2.05, 4.69) is 27.2 Å². The van der Waals surface area contributed by atoms with Gasteiger partial charge in [0.1, 0.15) is 11.6 Å². The van der Waals surface area contributed by atoms with Gasteiger partial charge in [0.25, 0.3) is 0 Å². The predicted molar refractivity (Wildman–Crippen MR) is 78.7 cm³/mol. The van der Waals surface area contributed by atoms with E-state index in [-0.39, 0.29) is 0 Å². The van der Waals surface area contributed by atoms with Crippen LogP contribution in [0.5, 0.6) is 0 Å². The Bertz CT molecular complexity index is 542. The molecule has 2 aromatic rings. The van der Waals surface area contributed by atoms with E-state index in [1.807, 2.05) is 13.8 Å². The van der Waals surface area contributed by atoms with Gasteiger partial charge in [-0.15, -0.1) is 0 Å². The minimum Gasteiger partial charge on any atom is -0.444 e. The lowest BCUT2D eigenvalue weighted by molar-refractivity contribution is 0.448. The molecule has 0 fully saturated rings. The predicted octanol–water partition coefficient (Wildman–Crippen LogP) is 3.30. The zero-order chi connectivity index (χ0) is 14.5. The summed E-state index contributed by atoms with van der Waals surface area (Å²) in [6.07, 6.45) is 3.20. The third kappa shape index (κ3) is 3.84. The summed E-state index contributed by atoms with van der Waals surface area (Å²) in [4.78, 5) is 11.9. The zero-order valence-corrected chi connectivity index (χ0v) is 13.0. The summed E-state index contributed by atoms with van der Waals surface area (Å²) in [7, 11) is 0. The average Bonchev–Trinajstić information content (AvgIpc) is 2.91. The molecule has 0 aliphatic carbocycles. The van der Waals surface area contributed by atoms with Gasteiger partial charge in [-0.3, -0.25) is 0 Å². The fourth-order valence-electron chi connectivity index (χ4n) is 1.93. The normalized spacial score (nSPS) is 11.2. The molecule has 5 nitrogen and oxygen atoms in total. The van der Waals surface area contributed by atoms with Crippen LogP contribution in [0.25, 0.3) is 0 Å². The summed E-state index contributed by atoms with van der Waals surface area (Å²) in [5.74, 6) is 2.52. The SMILES string of the molecule is CCCCc1nc(Cl)c(CNCc2nc(C)c(C)o2)[nH]1. The molecular weight excluding hydrogens is 276 g/mol. The summed E-state index contributed by atoms with van der Waals surface area (Å²) in [6.45, 7) is 7.21. The van der Waals surface area contributed by atoms with Crippen molar-refractivity contribution in [2.24, 2.45) is 0 Å². The largest absolute Gasteiger partial charge is 0.444 e. The summed E-state index contributed by atoms with van der Waals surface area (Å²) >= 11 is 6.11. The fourth-order valence-corrected chi connectivity index (χ4v) is 2.14. The molecule has 2 aromatic heterocycles. The third-order valence-corrected chi connectivity index (χ3v) is 3.51. The molecule has 0 amide bonds. The second-order valence-electron chi connectivity index (χ2n) is 4.91. The van der Waals surface area contributed by atoms with Crippen molar-refractivity contribution in [2.75, 3.05) is 0 Å². The summed E-state index contributed by atoms with van der Waals surface area (Å²) < 4.78 is 5.51. The van der Waals surface area contributed by atoms with Crippen molar-refractivity contribution in [1.29, 1.82) is 0 Å². The van der Waals surface area contributed by atoms with Crippen molar-refractivity contribution < 1.29 is 4.42 Å². The Morgan fingerprint density at radius 1 is 1.25 bits per heavy atom. The van der Waals surface area contributed by atoms with Crippen molar-refractivity contribution >= 4 is 11.6 Å². The van der Waals surface area contributed by atoms with E-state index < -0.39 is 0 Å². The first-order chi connectivity index (χ1) is 9.60. The third-order valence-electron chi connectivity index (χ3n) is 3.20. The highest BCUT2D eigenvalue weighted by Gasteiger charge is 2.09. The van der Waals surface area contributed by atoms with Gasteiger partial charge in [-0.2, -0.15) is 0 Å². The number of aromatic nitrogens is 3. The second-order valence-corrected chi connectivity index (χ2v) is 5.27. The lowest BCUT2D eigenvalue weighted by Gasteiger charge is -2.00. The lowest BCUT2D eigenvalue weighted by atomic mass is 10.2. The van der Waals surface area contributed by atoms with Crippen LogP contribution in [0.2, 0.25) is 5.15 Å². The minimum atomic E-state index is 0.545. The maximum Gasteiger partial charge on any atom is 0.208 e. The Hall–Kier alpha value is -1.33. The Labute approximate surface area is 124 Å². The Kier molecular flexibility index (Phi) is 5.20. The van der Waals surface area contributed by atoms with E-state index in [0.717, 1.165) is 42.2 Å². The van der Waals surface area contributed by atoms with Crippen LogP contribution >= 0.6 is 11.6 Å². The Morgan fingerprint density at radius 2 is 2.05 bits per heavy atom. The highest BCUT2D eigenvalue weighted by Crippen LogP contribution is 2.14. The standard InChI is InChI=1S/C14H21ClN4O/c1-4-5-6-12-18-11(14(15)19-12)7-16-8-13-17-9(2)10(3)20-13/h16H,4-8H2,1-3H3,(H,18,19). The van der Waals surface area contributed by atoms with Crippen molar-refractivity contribution in [3.8, 4) is 0 Å². The molecule has 0 radical (unpaired) electrons. The minimum absolute atomic E-state index is 0.545. The van der Waals surface area contributed by atoms with Gasteiger partial charge >= 0.3 is 0 Å². The van der Waals surface area contributed by atoms with Crippen LogP contribution in [0, 0.1) is 13.8 Å². The monoisotopic (exact) mass is 296 g/mol. The van der Waals surface area contributed by atoms with E-state index >= 15 is 0 Å². The molecule has 0 aliphatic rings. The molecule has 2 heterocycles. The zero-order valence-electron chi connectivity index (χ0n) is 12.2. The molecule has 0 saturated heterocycles. The summed E-state index contributed by atoms with van der Waals surface area (Å²) in [5.41, 5.74) is 1.85. The van der Waals surface area contributed by atoms with E-state index in [1.54, 1.807) is 0 Å². The number of rotatable bonds is 7. The van der Waals surface area contributed by atoms with Gasteiger partial charge in [0.05, 0.1) is 17.9 Å². The number of oxazole rings is 1. The van der Waals surface area contributed by atoms with Gasteiger partial charge in [-0.1, -0.05) is 24.9 Å². The van der Waals surface area contributed by atoms with E-state index in [4.69, 9.17) is 16.0 Å². The van der Waals surface area contributed by atoms with E-state index in [1.165, 1.54) is 0 Å². The maximum absolute atomic E-state index is 6.11. The van der Waals surface area contributed by atoms with Crippen LogP contribution in [-0.2, 0) is 19.5 Å². The number of aryl methyl sites for hydroxylation is 3. The van der Waals surface area contributed by atoms with Crippen molar-refractivity contribution in [3.05, 3.63) is 34.0 Å². The molecule has 2 rings (SSSR count). The molecule has 0 aromatic carbocycles. The molecule has 6 heteroatoms. The molecule has 0 saturated carbocycles. The Morgan fingerprint density at radius 3 is 2.70 bits per heavy atom. The molecular formula is C14H21ClN4O. The second kappa shape index (κ2) is 6.90. The van der Waals surface area contributed by atoms with Crippen LogP contribution < -0.4 is 5.32 Å². The number of imidazole rings is 1. The molecule has 0 unspecified atom stereocenters. The highest BCUT2D eigenvalue weighted by atomic mass is 35.5. The van der Waals surface area contributed by atoms with Gasteiger partial charge in [0.2, 0.25) is 5.89 Å². The number of halogens is 1. The van der Waals surface area contributed by atoms with Crippen LogP contribution in [-0.4, -0.2) is 15.0 Å². The molecule has 0 spiro atoms. The first-order valence-electron chi connectivity index (χ1n) is 6.97. The van der Waals surface area contributed by atoms with E-state index in [9.17, 15) is 0 Å². The molecule has 20 heavy (non-hydrogen) atoms. The van der Waals surface area contributed by atoms with Crippen molar-refractivity contribution in [3.63, 3.8) is 0 Å². The van der Waals surface area contributed by atoms with Crippen LogP contribution in [0.1, 0.15) is 48.6 Å². The number of unbranched alkanes of at least 4 members (excludes halogenated alkanes) is 1. The summed E-state index contributed by atoms with van der Waals surface area (Å²) in [6, 6.07) is 0. The topological polar surface area (TPSA) is 66.7 Å². The number of hydrogen-bond donors (Lipinski definition) is 2. The van der Waals surface area contributed by atoms with Gasteiger partial charge < -0.3 is 14.7 Å². The maximum atomic E-state index is 6.11. The number of nitrogens with one attached hydrogen (secondary N) is 2. The number of hydrogen-bond acceptors (Lipinski definition) is 4. The smallest absolute Gasteiger partial charge is 0.208 e. The lowest BCUT2D eigenvalue weighted by Crippen LogP contribution is -2.13. The average molecular weight is 297 g/mol. The van der Waals surface area contributed by atoms with Gasteiger partial charge in [-0.25, -0.2) is 9.97 Å². The van der Waals surface area contributed by atoms with Crippen LogP contribution in [0.15, 0.2) is 4.42 Å². The Balaban J connectivity index is 1.85. The number of aromatic amines is 1. The molecule has 0 aliphatic heterocycles. The molecule has 0 bridgehead atoms. The van der Waals surface area contributed by atoms with Gasteiger partial charge in [0.15, 0.2) is 5.15 Å². The van der Waals surface area contributed by atoms with Gasteiger partial charge in [-0.05, 0) is 20.3 Å². The first-order valence-corrected chi connectivity index (χ1v) is 7.34. The quantitative estimate of drug-likeness (QED) is 0.822. The van der Waals surface area contributed by atoms with Crippen molar-refractivity contribution in [1.82, 2.24) is 20.3 Å². The number of nitrogens with zero attached hydrogens (tertiary/aromatic N) is 2. The molecule has 0 atom stereocenters. The number of H-pyrrole nitrogens is 1. The van der Waals surface area contributed by atoms with E-state index in [0.29, 0.717) is 24.1 Å². The fraction of sp³-hybridized carbons (Fsp3) is 0.571. The van der Waals surface area contributed by atoms with Crippen LogP contribution in [0.4, 0.5) is 0 Å².